The highest BCUT2D eigenvalue weighted by molar-refractivity contribution is 5.76. The highest BCUT2D eigenvalue weighted by Gasteiger charge is 2.22. The largest absolute Gasteiger partial charge is 0.396 e. The number of nitrogens with one attached hydrogen (secondary N) is 1. The Morgan fingerprint density at radius 1 is 1.29 bits per heavy atom. The van der Waals surface area contributed by atoms with E-state index in [-0.39, 0.29) is 17.9 Å². The van der Waals surface area contributed by atoms with Gasteiger partial charge in [-0.05, 0) is 30.1 Å². The van der Waals surface area contributed by atoms with E-state index in [1.807, 2.05) is 6.92 Å². The zero-order chi connectivity index (χ0) is 13.5. The molecule has 0 aliphatic carbocycles. The standard InChI is InChI=1S/C14H29NO2/c1-11(10-16)7-6-8-15-13(17)9-12(2)14(3,4)5/h11-12,16H,6-10H2,1-5H3,(H,15,17). The molecular formula is C14H29NO2. The summed E-state index contributed by atoms with van der Waals surface area (Å²) < 4.78 is 0. The van der Waals surface area contributed by atoms with Crippen LogP contribution in [0.5, 0.6) is 0 Å². The van der Waals surface area contributed by atoms with Crippen LogP contribution >= 0.6 is 0 Å². The average Bonchev–Trinajstić information content (AvgIpc) is 2.22. The fraction of sp³-hybridized carbons (Fsp3) is 0.929. The van der Waals surface area contributed by atoms with Crippen LogP contribution in [0.25, 0.3) is 0 Å². The predicted molar refractivity (Wildman–Crippen MR) is 71.7 cm³/mol. The van der Waals surface area contributed by atoms with Crippen LogP contribution in [0.3, 0.4) is 0 Å². The fourth-order valence-electron chi connectivity index (χ4n) is 1.43. The van der Waals surface area contributed by atoms with Crippen molar-refractivity contribution in [2.45, 2.75) is 53.9 Å². The van der Waals surface area contributed by atoms with E-state index in [9.17, 15) is 4.79 Å². The zero-order valence-corrected chi connectivity index (χ0v) is 12.0. The summed E-state index contributed by atoms with van der Waals surface area (Å²) in [7, 11) is 0. The van der Waals surface area contributed by atoms with Gasteiger partial charge >= 0.3 is 0 Å². The number of carbonyl (C=O) groups excluding carboxylic acids is 1. The fourth-order valence-corrected chi connectivity index (χ4v) is 1.43. The van der Waals surface area contributed by atoms with Gasteiger partial charge < -0.3 is 10.4 Å². The minimum Gasteiger partial charge on any atom is -0.396 e. The quantitative estimate of drug-likeness (QED) is 0.675. The maximum Gasteiger partial charge on any atom is 0.220 e. The van der Waals surface area contributed by atoms with Crippen LogP contribution in [0.4, 0.5) is 0 Å². The molecule has 0 heterocycles. The molecule has 3 heteroatoms. The van der Waals surface area contributed by atoms with Crippen molar-refractivity contribution in [3.63, 3.8) is 0 Å². The van der Waals surface area contributed by atoms with Gasteiger partial charge in [-0.1, -0.05) is 34.6 Å². The number of aliphatic hydroxyl groups is 1. The van der Waals surface area contributed by atoms with Gasteiger partial charge in [-0.3, -0.25) is 4.79 Å². The molecule has 0 rings (SSSR count). The normalized spacial score (nSPS) is 15.4. The maximum absolute atomic E-state index is 11.7. The summed E-state index contributed by atoms with van der Waals surface area (Å²) in [5.74, 6) is 0.864. The summed E-state index contributed by atoms with van der Waals surface area (Å²) in [5, 5.41) is 11.8. The lowest BCUT2D eigenvalue weighted by Crippen LogP contribution is -2.30. The van der Waals surface area contributed by atoms with E-state index in [1.165, 1.54) is 0 Å². The second-order valence-electron chi connectivity index (χ2n) is 6.25. The van der Waals surface area contributed by atoms with Crippen molar-refractivity contribution < 1.29 is 9.90 Å². The SMILES string of the molecule is CC(CO)CCCNC(=O)CC(C)C(C)(C)C. The summed E-state index contributed by atoms with van der Waals surface area (Å²) in [4.78, 5) is 11.7. The molecule has 0 saturated heterocycles. The van der Waals surface area contributed by atoms with Gasteiger partial charge in [-0.25, -0.2) is 0 Å². The molecule has 17 heavy (non-hydrogen) atoms. The Labute approximate surface area is 106 Å². The molecule has 0 aromatic rings. The van der Waals surface area contributed by atoms with Crippen LogP contribution in [0.2, 0.25) is 0 Å². The van der Waals surface area contributed by atoms with Crippen molar-refractivity contribution in [2.75, 3.05) is 13.2 Å². The Balaban J connectivity index is 3.67. The number of aliphatic hydroxyl groups excluding tert-OH is 1. The predicted octanol–water partition coefficient (Wildman–Crippen LogP) is 2.58. The maximum atomic E-state index is 11.7. The van der Waals surface area contributed by atoms with Gasteiger partial charge in [0.2, 0.25) is 5.91 Å². The molecule has 0 radical (unpaired) electrons. The molecular weight excluding hydrogens is 214 g/mol. The van der Waals surface area contributed by atoms with Crippen LogP contribution < -0.4 is 5.32 Å². The van der Waals surface area contributed by atoms with Gasteiger partial charge in [0.15, 0.2) is 0 Å². The summed E-state index contributed by atoms with van der Waals surface area (Å²) in [5.41, 5.74) is 0.183. The Kier molecular flexibility index (Phi) is 7.44. The summed E-state index contributed by atoms with van der Waals surface area (Å²) >= 11 is 0. The van der Waals surface area contributed by atoms with Gasteiger partial charge in [-0.15, -0.1) is 0 Å². The Bertz CT molecular complexity index is 221. The van der Waals surface area contributed by atoms with Gasteiger partial charge in [0.25, 0.3) is 0 Å². The van der Waals surface area contributed by atoms with Crippen molar-refractivity contribution in [1.82, 2.24) is 5.32 Å². The minimum atomic E-state index is 0.143. The van der Waals surface area contributed by atoms with E-state index in [0.717, 1.165) is 19.4 Å². The summed E-state index contributed by atoms with van der Waals surface area (Å²) in [6.45, 7) is 11.6. The molecule has 0 aliphatic rings. The van der Waals surface area contributed by atoms with E-state index in [2.05, 4.69) is 33.0 Å². The number of carbonyl (C=O) groups is 1. The first-order valence-electron chi connectivity index (χ1n) is 6.65. The van der Waals surface area contributed by atoms with Crippen LogP contribution in [0.15, 0.2) is 0 Å². The molecule has 0 aromatic carbocycles. The van der Waals surface area contributed by atoms with Crippen molar-refractivity contribution in [3.05, 3.63) is 0 Å². The van der Waals surface area contributed by atoms with Crippen LogP contribution in [-0.2, 0) is 4.79 Å². The third-order valence-electron chi connectivity index (χ3n) is 3.48. The molecule has 2 N–H and O–H groups in total. The zero-order valence-electron chi connectivity index (χ0n) is 12.0. The van der Waals surface area contributed by atoms with E-state index >= 15 is 0 Å². The highest BCUT2D eigenvalue weighted by Crippen LogP contribution is 2.27. The average molecular weight is 243 g/mol. The van der Waals surface area contributed by atoms with E-state index in [0.29, 0.717) is 18.3 Å². The summed E-state index contributed by atoms with van der Waals surface area (Å²) in [6, 6.07) is 0. The summed E-state index contributed by atoms with van der Waals surface area (Å²) in [6.07, 6.45) is 2.50. The molecule has 0 bridgehead atoms. The third-order valence-corrected chi connectivity index (χ3v) is 3.48. The van der Waals surface area contributed by atoms with Crippen molar-refractivity contribution in [3.8, 4) is 0 Å². The van der Waals surface area contributed by atoms with Gasteiger partial charge in [-0.2, -0.15) is 0 Å². The molecule has 102 valence electrons. The lowest BCUT2D eigenvalue weighted by molar-refractivity contribution is -0.122. The van der Waals surface area contributed by atoms with Crippen LogP contribution in [0, 0.1) is 17.3 Å². The molecule has 0 aliphatic heterocycles. The molecule has 2 unspecified atom stereocenters. The molecule has 0 saturated carbocycles. The third kappa shape index (κ3) is 8.19. The van der Waals surface area contributed by atoms with E-state index in [1.54, 1.807) is 0 Å². The van der Waals surface area contributed by atoms with Crippen molar-refractivity contribution in [2.24, 2.45) is 17.3 Å². The number of amides is 1. The molecule has 1 amide bonds. The molecule has 2 atom stereocenters. The Morgan fingerprint density at radius 2 is 1.88 bits per heavy atom. The highest BCUT2D eigenvalue weighted by atomic mass is 16.3. The number of hydrogen-bond acceptors (Lipinski definition) is 2. The monoisotopic (exact) mass is 243 g/mol. The van der Waals surface area contributed by atoms with Crippen LogP contribution in [0.1, 0.15) is 53.9 Å². The Morgan fingerprint density at radius 3 is 2.35 bits per heavy atom. The lowest BCUT2D eigenvalue weighted by atomic mass is 9.80. The van der Waals surface area contributed by atoms with Gasteiger partial charge in [0.05, 0.1) is 0 Å². The lowest BCUT2D eigenvalue weighted by Gasteiger charge is -2.26. The first-order valence-corrected chi connectivity index (χ1v) is 6.65. The molecule has 0 aromatic heterocycles. The second-order valence-corrected chi connectivity index (χ2v) is 6.25. The molecule has 3 nitrogen and oxygen atoms in total. The van der Waals surface area contributed by atoms with E-state index < -0.39 is 0 Å². The number of hydrogen-bond donors (Lipinski definition) is 2. The topological polar surface area (TPSA) is 49.3 Å². The molecule has 0 spiro atoms. The van der Waals surface area contributed by atoms with E-state index in [4.69, 9.17) is 5.11 Å². The van der Waals surface area contributed by atoms with Crippen molar-refractivity contribution >= 4 is 5.91 Å². The Hall–Kier alpha value is -0.570. The minimum absolute atomic E-state index is 0.143. The second kappa shape index (κ2) is 7.70. The smallest absolute Gasteiger partial charge is 0.220 e. The van der Waals surface area contributed by atoms with Gasteiger partial charge in [0.1, 0.15) is 0 Å². The number of rotatable bonds is 7. The van der Waals surface area contributed by atoms with Gasteiger partial charge in [0, 0.05) is 19.6 Å². The van der Waals surface area contributed by atoms with Crippen molar-refractivity contribution in [1.29, 1.82) is 0 Å². The molecule has 0 fully saturated rings. The first-order chi connectivity index (χ1) is 7.77. The first kappa shape index (κ1) is 16.4. The van der Waals surface area contributed by atoms with Crippen LogP contribution in [-0.4, -0.2) is 24.2 Å².